The first kappa shape index (κ1) is 11.5. The van der Waals surface area contributed by atoms with Crippen LogP contribution in [0, 0.1) is 0 Å². The number of fused-ring (bicyclic) bond motifs is 1. The monoisotopic (exact) mass is 252 g/mol. The minimum atomic E-state index is -0.831. The lowest BCUT2D eigenvalue weighted by Gasteiger charge is -1.95. The Morgan fingerprint density at radius 3 is 2.68 bits per heavy atom. The number of imidazole rings is 1. The van der Waals surface area contributed by atoms with E-state index >= 15 is 0 Å². The highest BCUT2D eigenvalue weighted by Gasteiger charge is 2.07. The summed E-state index contributed by atoms with van der Waals surface area (Å²) in [6.45, 7) is 0. The Bertz CT molecular complexity index is 732. The molecule has 0 spiro atoms. The Morgan fingerprint density at radius 2 is 1.95 bits per heavy atom. The van der Waals surface area contributed by atoms with Crippen molar-refractivity contribution in [3.63, 3.8) is 0 Å². The average Bonchev–Trinajstić information content (AvgIpc) is 2.82. The third kappa shape index (κ3) is 2.33. The SMILES string of the molecule is O=C(O)Cc1ccc2nc(-c3ccccc3)[nH]c2c1. The smallest absolute Gasteiger partial charge is 0.307 e. The van der Waals surface area contributed by atoms with Gasteiger partial charge >= 0.3 is 5.97 Å². The molecule has 1 heterocycles. The minimum absolute atomic E-state index is 0.0234. The van der Waals surface area contributed by atoms with Crippen molar-refractivity contribution in [2.24, 2.45) is 0 Å². The summed E-state index contributed by atoms with van der Waals surface area (Å²) in [6.07, 6.45) is 0.0234. The van der Waals surface area contributed by atoms with Crippen molar-refractivity contribution in [2.75, 3.05) is 0 Å². The highest BCUT2D eigenvalue weighted by molar-refractivity contribution is 5.81. The molecular formula is C15H12N2O2. The fourth-order valence-corrected chi connectivity index (χ4v) is 2.07. The molecule has 4 heteroatoms. The number of carboxylic acid groups (broad SMARTS) is 1. The predicted octanol–water partition coefficient (Wildman–Crippen LogP) is 2.86. The molecule has 0 aliphatic carbocycles. The summed E-state index contributed by atoms with van der Waals surface area (Å²) in [5.41, 5.74) is 3.48. The molecule has 0 unspecified atom stereocenters. The van der Waals surface area contributed by atoms with Crippen molar-refractivity contribution >= 4 is 17.0 Å². The van der Waals surface area contributed by atoms with Crippen molar-refractivity contribution in [2.45, 2.75) is 6.42 Å². The van der Waals surface area contributed by atoms with Crippen LogP contribution in [0.4, 0.5) is 0 Å². The van der Waals surface area contributed by atoms with Crippen LogP contribution in [0.1, 0.15) is 5.56 Å². The maximum absolute atomic E-state index is 10.7. The standard InChI is InChI=1S/C15H12N2O2/c18-14(19)9-10-6-7-12-13(8-10)17-15(16-12)11-4-2-1-3-5-11/h1-8H,9H2,(H,16,17)(H,18,19). The maximum atomic E-state index is 10.7. The van der Waals surface area contributed by atoms with Gasteiger partial charge in [0.15, 0.2) is 0 Å². The zero-order chi connectivity index (χ0) is 13.2. The first-order valence-corrected chi connectivity index (χ1v) is 5.98. The number of aliphatic carboxylic acids is 1. The number of aromatic nitrogens is 2. The Kier molecular flexibility index (Phi) is 2.76. The predicted molar refractivity (Wildman–Crippen MR) is 72.9 cm³/mol. The lowest BCUT2D eigenvalue weighted by molar-refractivity contribution is -0.136. The molecule has 94 valence electrons. The molecule has 19 heavy (non-hydrogen) atoms. The molecule has 3 rings (SSSR count). The van der Waals surface area contributed by atoms with Gasteiger partial charge in [-0.1, -0.05) is 36.4 Å². The van der Waals surface area contributed by atoms with Crippen LogP contribution < -0.4 is 0 Å². The molecule has 1 aromatic heterocycles. The van der Waals surface area contributed by atoms with Gasteiger partial charge in [0.05, 0.1) is 17.5 Å². The number of rotatable bonds is 3. The van der Waals surface area contributed by atoms with Gasteiger partial charge in [-0.05, 0) is 17.7 Å². The molecule has 0 radical (unpaired) electrons. The normalized spacial score (nSPS) is 10.7. The maximum Gasteiger partial charge on any atom is 0.307 e. The number of hydrogen-bond acceptors (Lipinski definition) is 2. The summed E-state index contributed by atoms with van der Waals surface area (Å²) in [5.74, 6) is -0.0368. The molecule has 0 fully saturated rings. The second-order valence-electron chi connectivity index (χ2n) is 4.37. The van der Waals surface area contributed by atoms with Gasteiger partial charge in [0.2, 0.25) is 0 Å². The second kappa shape index (κ2) is 4.57. The van der Waals surface area contributed by atoms with E-state index < -0.39 is 5.97 Å². The highest BCUT2D eigenvalue weighted by Crippen LogP contribution is 2.21. The van der Waals surface area contributed by atoms with Crippen molar-refractivity contribution in [1.82, 2.24) is 9.97 Å². The molecule has 0 saturated heterocycles. The van der Waals surface area contributed by atoms with E-state index in [-0.39, 0.29) is 6.42 Å². The number of carboxylic acids is 1. The third-order valence-electron chi connectivity index (χ3n) is 2.95. The lowest BCUT2D eigenvalue weighted by atomic mass is 10.1. The van der Waals surface area contributed by atoms with E-state index in [1.165, 1.54) is 0 Å². The van der Waals surface area contributed by atoms with Gasteiger partial charge in [-0.2, -0.15) is 0 Å². The van der Waals surface area contributed by atoms with E-state index in [0.717, 1.165) is 28.0 Å². The molecule has 4 nitrogen and oxygen atoms in total. The van der Waals surface area contributed by atoms with E-state index in [4.69, 9.17) is 5.11 Å². The Labute approximate surface area is 109 Å². The van der Waals surface area contributed by atoms with Crippen molar-refractivity contribution in [3.05, 3.63) is 54.1 Å². The Hall–Kier alpha value is -2.62. The van der Waals surface area contributed by atoms with Crippen LogP contribution in [0.2, 0.25) is 0 Å². The molecular weight excluding hydrogens is 240 g/mol. The second-order valence-corrected chi connectivity index (χ2v) is 4.37. The van der Waals surface area contributed by atoms with Crippen molar-refractivity contribution < 1.29 is 9.90 Å². The van der Waals surface area contributed by atoms with Gasteiger partial charge in [0, 0.05) is 5.56 Å². The summed E-state index contributed by atoms with van der Waals surface area (Å²) in [7, 11) is 0. The van der Waals surface area contributed by atoms with Gasteiger partial charge in [-0.15, -0.1) is 0 Å². The molecule has 2 aromatic carbocycles. The van der Waals surface area contributed by atoms with Gasteiger partial charge in [0.25, 0.3) is 0 Å². The van der Waals surface area contributed by atoms with Crippen LogP contribution in [-0.4, -0.2) is 21.0 Å². The third-order valence-corrected chi connectivity index (χ3v) is 2.95. The Morgan fingerprint density at radius 1 is 1.16 bits per heavy atom. The average molecular weight is 252 g/mol. The van der Waals surface area contributed by atoms with Crippen LogP contribution in [0.25, 0.3) is 22.4 Å². The summed E-state index contributed by atoms with van der Waals surface area (Å²) >= 11 is 0. The first-order valence-electron chi connectivity index (χ1n) is 5.98. The van der Waals surface area contributed by atoms with E-state index in [1.807, 2.05) is 42.5 Å². The fourth-order valence-electron chi connectivity index (χ4n) is 2.07. The van der Waals surface area contributed by atoms with Crippen molar-refractivity contribution in [3.8, 4) is 11.4 Å². The largest absolute Gasteiger partial charge is 0.481 e. The zero-order valence-electron chi connectivity index (χ0n) is 10.1. The number of carbonyl (C=O) groups is 1. The lowest BCUT2D eigenvalue weighted by Crippen LogP contribution is -1.99. The van der Waals surface area contributed by atoms with Crippen LogP contribution >= 0.6 is 0 Å². The van der Waals surface area contributed by atoms with E-state index in [9.17, 15) is 4.79 Å². The molecule has 0 aliphatic heterocycles. The fraction of sp³-hybridized carbons (Fsp3) is 0.0667. The van der Waals surface area contributed by atoms with E-state index in [2.05, 4.69) is 9.97 Å². The molecule has 2 N–H and O–H groups in total. The van der Waals surface area contributed by atoms with Gasteiger partial charge in [-0.3, -0.25) is 4.79 Å². The number of nitrogens with zero attached hydrogens (tertiary/aromatic N) is 1. The van der Waals surface area contributed by atoms with Crippen molar-refractivity contribution in [1.29, 1.82) is 0 Å². The molecule has 0 atom stereocenters. The highest BCUT2D eigenvalue weighted by atomic mass is 16.4. The topological polar surface area (TPSA) is 66.0 Å². The number of H-pyrrole nitrogens is 1. The summed E-state index contributed by atoms with van der Waals surface area (Å²) in [4.78, 5) is 18.4. The van der Waals surface area contributed by atoms with Crippen LogP contribution in [0.15, 0.2) is 48.5 Å². The zero-order valence-corrected chi connectivity index (χ0v) is 10.1. The molecule has 0 amide bonds. The molecule has 0 bridgehead atoms. The van der Waals surface area contributed by atoms with Gasteiger partial charge in [0.1, 0.15) is 5.82 Å². The molecule has 0 saturated carbocycles. The quantitative estimate of drug-likeness (QED) is 0.753. The van der Waals surface area contributed by atoms with E-state index in [1.54, 1.807) is 6.07 Å². The van der Waals surface area contributed by atoms with Gasteiger partial charge < -0.3 is 10.1 Å². The summed E-state index contributed by atoms with van der Waals surface area (Å²) in [5, 5.41) is 8.80. The number of nitrogens with one attached hydrogen (secondary N) is 1. The van der Waals surface area contributed by atoms with Gasteiger partial charge in [-0.25, -0.2) is 4.98 Å². The Balaban J connectivity index is 2.04. The first-order chi connectivity index (χ1) is 9.22. The summed E-state index contributed by atoms with van der Waals surface area (Å²) in [6, 6.07) is 15.3. The van der Waals surface area contributed by atoms with Crippen LogP contribution in [-0.2, 0) is 11.2 Å². The number of hydrogen-bond donors (Lipinski definition) is 2. The van der Waals surface area contributed by atoms with Crippen LogP contribution in [0.5, 0.6) is 0 Å². The van der Waals surface area contributed by atoms with Crippen LogP contribution in [0.3, 0.4) is 0 Å². The molecule has 0 aliphatic rings. The summed E-state index contributed by atoms with van der Waals surface area (Å²) < 4.78 is 0. The number of benzene rings is 2. The number of aromatic amines is 1. The molecule has 3 aromatic rings. The minimum Gasteiger partial charge on any atom is -0.481 e. The van der Waals surface area contributed by atoms with E-state index in [0.29, 0.717) is 0 Å².